The third-order valence-electron chi connectivity index (χ3n) is 3.90. The fraction of sp³-hybridized carbons (Fsp3) is 0.611. The average molecular weight is 337 g/mol. The maximum atomic E-state index is 12.3. The molecule has 0 radical (unpaired) electrons. The van der Waals surface area contributed by atoms with E-state index in [0.717, 1.165) is 50.4 Å². The highest BCUT2D eigenvalue weighted by molar-refractivity contribution is 7.85. The van der Waals surface area contributed by atoms with Crippen molar-refractivity contribution in [2.75, 3.05) is 20.2 Å². The fourth-order valence-corrected chi connectivity index (χ4v) is 3.19. The molecule has 128 valence electrons. The minimum Gasteiger partial charge on any atom is -0.497 e. The Balaban J connectivity index is 2.04. The van der Waals surface area contributed by atoms with Crippen molar-refractivity contribution in [1.29, 1.82) is 0 Å². The van der Waals surface area contributed by atoms with Crippen molar-refractivity contribution in [2.45, 2.75) is 51.3 Å². The molecule has 2 rings (SSSR count). The Bertz CT molecular complexity index is 561. The van der Waals surface area contributed by atoms with E-state index in [1.807, 2.05) is 32.9 Å². The zero-order valence-electron chi connectivity index (χ0n) is 14.7. The van der Waals surface area contributed by atoms with Crippen LogP contribution in [0, 0.1) is 0 Å². The summed E-state index contributed by atoms with van der Waals surface area (Å²) in [6, 6.07) is 8.20. The van der Waals surface area contributed by atoms with Gasteiger partial charge in [0.2, 0.25) is 0 Å². The van der Waals surface area contributed by atoms with Crippen molar-refractivity contribution in [3.8, 4) is 5.75 Å². The third-order valence-corrected chi connectivity index (χ3v) is 5.37. The van der Waals surface area contributed by atoms with Crippen LogP contribution in [0.15, 0.2) is 28.7 Å². The molecular weight excluding hydrogens is 308 g/mol. The summed E-state index contributed by atoms with van der Waals surface area (Å²) in [4.78, 5) is 2.40. The molecule has 1 aliphatic heterocycles. The average Bonchev–Trinajstić information content (AvgIpc) is 2.72. The number of nitrogens with zero attached hydrogens (tertiary/aromatic N) is 2. The molecule has 1 unspecified atom stereocenters. The highest BCUT2D eigenvalue weighted by Gasteiger charge is 2.21. The molecule has 4 nitrogen and oxygen atoms in total. The summed E-state index contributed by atoms with van der Waals surface area (Å²) in [7, 11) is 0.519. The summed E-state index contributed by atoms with van der Waals surface area (Å²) in [5, 5.41) is 0. The normalized spacial score (nSPS) is 20.3. The molecule has 0 spiro atoms. The lowest BCUT2D eigenvalue weighted by Gasteiger charge is -2.21. The van der Waals surface area contributed by atoms with E-state index in [1.165, 1.54) is 5.56 Å². The van der Waals surface area contributed by atoms with Gasteiger partial charge in [-0.1, -0.05) is 12.1 Å². The summed E-state index contributed by atoms with van der Waals surface area (Å²) >= 11 is 0. The van der Waals surface area contributed by atoms with Gasteiger partial charge in [-0.05, 0) is 64.3 Å². The number of hydrogen-bond acceptors (Lipinski definition) is 3. The minimum atomic E-state index is -1.16. The first-order chi connectivity index (χ1) is 10.9. The van der Waals surface area contributed by atoms with Gasteiger partial charge in [0.05, 0.1) is 11.9 Å². The van der Waals surface area contributed by atoms with Crippen molar-refractivity contribution < 1.29 is 8.95 Å². The first kappa shape index (κ1) is 18.1. The second-order valence-corrected chi connectivity index (χ2v) is 8.94. The van der Waals surface area contributed by atoms with Gasteiger partial charge in [0.1, 0.15) is 16.7 Å². The van der Waals surface area contributed by atoms with E-state index in [4.69, 9.17) is 4.74 Å². The van der Waals surface area contributed by atoms with E-state index in [9.17, 15) is 4.21 Å². The molecule has 0 aromatic heterocycles. The molecule has 1 saturated heterocycles. The van der Waals surface area contributed by atoms with E-state index >= 15 is 0 Å². The van der Waals surface area contributed by atoms with E-state index in [0.29, 0.717) is 0 Å². The minimum absolute atomic E-state index is 0.292. The van der Waals surface area contributed by atoms with Gasteiger partial charge in [-0.2, -0.15) is 4.40 Å². The highest BCUT2D eigenvalue weighted by Crippen LogP contribution is 2.18. The summed E-state index contributed by atoms with van der Waals surface area (Å²) in [6.07, 6.45) is 3.25. The van der Waals surface area contributed by atoms with E-state index < -0.39 is 11.0 Å². The topological polar surface area (TPSA) is 41.9 Å². The molecule has 1 heterocycles. The first-order valence-corrected chi connectivity index (χ1v) is 9.33. The Kier molecular flexibility index (Phi) is 6.36. The molecule has 1 fully saturated rings. The molecule has 5 heteroatoms. The maximum Gasteiger partial charge on any atom is 0.144 e. The molecule has 0 aliphatic carbocycles. The fourth-order valence-electron chi connectivity index (χ4n) is 2.53. The largest absolute Gasteiger partial charge is 0.497 e. The van der Waals surface area contributed by atoms with Crippen LogP contribution >= 0.6 is 0 Å². The van der Waals surface area contributed by atoms with Crippen molar-refractivity contribution in [3.05, 3.63) is 29.8 Å². The molecule has 0 amide bonds. The Morgan fingerprint density at radius 2 is 1.91 bits per heavy atom. The van der Waals surface area contributed by atoms with Gasteiger partial charge in [0.15, 0.2) is 0 Å². The first-order valence-electron chi connectivity index (χ1n) is 8.22. The lowest BCUT2D eigenvalue weighted by molar-refractivity contribution is 0.305. The van der Waals surface area contributed by atoms with Crippen molar-refractivity contribution in [2.24, 2.45) is 4.40 Å². The predicted octanol–water partition coefficient (Wildman–Crippen LogP) is 3.58. The zero-order chi connectivity index (χ0) is 16.9. The van der Waals surface area contributed by atoms with E-state index in [-0.39, 0.29) is 4.75 Å². The van der Waals surface area contributed by atoms with Crippen LogP contribution in [0.4, 0.5) is 0 Å². The molecular formula is C18H28N2O2S. The number of benzene rings is 1. The van der Waals surface area contributed by atoms with Crippen LogP contribution in [0.2, 0.25) is 0 Å². The van der Waals surface area contributed by atoms with Crippen molar-refractivity contribution in [3.63, 3.8) is 0 Å². The van der Waals surface area contributed by atoms with E-state index in [1.54, 1.807) is 7.11 Å². The second-order valence-electron chi connectivity index (χ2n) is 7.03. The molecule has 0 bridgehead atoms. The van der Waals surface area contributed by atoms with Crippen LogP contribution in [0.3, 0.4) is 0 Å². The predicted molar refractivity (Wildman–Crippen MR) is 97.5 cm³/mol. The number of methoxy groups -OCH3 is 1. The Morgan fingerprint density at radius 3 is 2.52 bits per heavy atom. The van der Waals surface area contributed by atoms with Gasteiger partial charge in [-0.3, -0.25) is 4.90 Å². The van der Waals surface area contributed by atoms with Crippen LogP contribution in [0.1, 0.15) is 45.6 Å². The van der Waals surface area contributed by atoms with Gasteiger partial charge >= 0.3 is 0 Å². The smallest absolute Gasteiger partial charge is 0.144 e. The van der Waals surface area contributed by atoms with Crippen LogP contribution < -0.4 is 4.74 Å². The second kappa shape index (κ2) is 8.06. The third kappa shape index (κ3) is 5.74. The lowest BCUT2D eigenvalue weighted by atomic mass is 10.2. The molecule has 0 saturated carbocycles. The molecule has 1 aromatic rings. The van der Waals surface area contributed by atoms with E-state index in [2.05, 4.69) is 21.4 Å². The van der Waals surface area contributed by atoms with Gasteiger partial charge < -0.3 is 4.74 Å². The van der Waals surface area contributed by atoms with Gasteiger partial charge in [0, 0.05) is 18.8 Å². The quantitative estimate of drug-likeness (QED) is 0.844. The van der Waals surface area contributed by atoms with Crippen LogP contribution in [-0.2, 0) is 17.5 Å². The van der Waals surface area contributed by atoms with Gasteiger partial charge in [-0.15, -0.1) is 0 Å². The molecule has 1 aromatic carbocycles. The Labute approximate surface area is 142 Å². The summed E-state index contributed by atoms with van der Waals surface area (Å²) in [5.74, 6) is 0.882. The summed E-state index contributed by atoms with van der Waals surface area (Å²) < 4.78 is 21.7. The molecule has 1 atom stereocenters. The lowest BCUT2D eigenvalue weighted by Crippen LogP contribution is -2.29. The van der Waals surface area contributed by atoms with Crippen molar-refractivity contribution in [1.82, 2.24) is 4.90 Å². The number of ether oxygens (including phenoxy) is 1. The van der Waals surface area contributed by atoms with Crippen molar-refractivity contribution >= 4 is 16.7 Å². The summed E-state index contributed by atoms with van der Waals surface area (Å²) in [5.41, 5.74) is 2.34. The SMILES string of the molecule is COc1ccc(CN2CCCCC(=NS(=O)C(C)(C)C)C2)cc1. The number of likely N-dealkylation sites (tertiary alicyclic amines) is 1. The summed E-state index contributed by atoms with van der Waals surface area (Å²) in [6.45, 7) is 8.68. The highest BCUT2D eigenvalue weighted by atomic mass is 32.2. The van der Waals surface area contributed by atoms with Crippen LogP contribution in [0.25, 0.3) is 0 Å². The standard InChI is InChI=1S/C18H28N2O2S/c1-18(2,3)23(21)19-16-7-5-6-12-20(14-16)13-15-8-10-17(22-4)11-9-15/h8-11H,5-7,12-14H2,1-4H3. The zero-order valence-corrected chi connectivity index (χ0v) is 15.5. The monoisotopic (exact) mass is 336 g/mol. The van der Waals surface area contributed by atoms with Crippen LogP contribution in [-0.4, -0.2) is 39.8 Å². The Morgan fingerprint density at radius 1 is 1.22 bits per heavy atom. The number of rotatable bonds is 4. The molecule has 1 aliphatic rings. The van der Waals surface area contributed by atoms with Crippen LogP contribution in [0.5, 0.6) is 5.75 Å². The Hall–Kier alpha value is -1.20. The van der Waals surface area contributed by atoms with Gasteiger partial charge in [-0.25, -0.2) is 4.21 Å². The molecule has 23 heavy (non-hydrogen) atoms. The maximum absolute atomic E-state index is 12.3. The number of hydrogen-bond donors (Lipinski definition) is 0. The van der Waals surface area contributed by atoms with Gasteiger partial charge in [0.25, 0.3) is 0 Å². The molecule has 0 N–H and O–H groups in total.